The number of hydrogen-bond acceptors (Lipinski definition) is 6. The number of hydrogen-bond donors (Lipinski definition) is 2. The fraction of sp³-hybridized carbons (Fsp3) is 1.00. The molecule has 0 fully saturated rings. The third kappa shape index (κ3) is 44.3. The third-order valence-corrected chi connectivity index (χ3v) is 10.3. The molecule has 304 valence electrons. The lowest BCUT2D eigenvalue weighted by Gasteiger charge is -2.26. The van der Waals surface area contributed by atoms with E-state index in [2.05, 4.69) is 48.8 Å². The molecule has 0 rings (SSSR count). The molecule has 0 saturated heterocycles. The molecule has 0 amide bonds. The first kappa shape index (κ1) is 52.3. The Morgan fingerprint density at radius 3 is 0.860 bits per heavy atom. The van der Waals surface area contributed by atoms with Gasteiger partial charge >= 0.3 is 0 Å². The predicted octanol–water partition coefficient (Wildman–Crippen LogP) is 13.8. The number of rotatable bonds is 43. The van der Waals surface area contributed by atoms with E-state index in [1.807, 2.05) is 0 Å². The smallest absolute Gasteiger partial charge is 0.0721 e. The molecular formula is C44H95N3O2S. The van der Waals surface area contributed by atoms with E-state index < -0.39 is 0 Å². The Morgan fingerprint density at radius 2 is 0.580 bits per heavy atom. The Hall–Kier alpha value is 0.150. The molecule has 5 nitrogen and oxygen atoms in total. The molecule has 0 aliphatic carbocycles. The van der Waals surface area contributed by atoms with Crippen molar-refractivity contribution < 1.29 is 9.68 Å². The third-order valence-electron chi connectivity index (χ3n) is 10.3. The number of unbranched alkanes of at least 4 members (excludes halogenated alkanes) is 27. The van der Waals surface area contributed by atoms with Crippen LogP contribution in [0.1, 0.15) is 226 Å². The molecule has 0 aromatic rings. The molecular weight excluding hydrogens is 635 g/mol. The van der Waals surface area contributed by atoms with Crippen molar-refractivity contribution in [2.75, 3.05) is 59.2 Å². The monoisotopic (exact) mass is 730 g/mol. The summed E-state index contributed by atoms with van der Waals surface area (Å²) in [6, 6.07) is 0. The van der Waals surface area contributed by atoms with Gasteiger partial charge in [-0.1, -0.05) is 200 Å². The van der Waals surface area contributed by atoms with Gasteiger partial charge in [0.15, 0.2) is 0 Å². The summed E-state index contributed by atoms with van der Waals surface area (Å²) in [6.07, 6.45) is 46.7. The fourth-order valence-electron chi connectivity index (χ4n) is 7.12. The van der Waals surface area contributed by atoms with Crippen LogP contribution in [0.15, 0.2) is 0 Å². The average molecular weight is 730 g/mol. The second kappa shape index (κ2) is 49.1. The summed E-state index contributed by atoms with van der Waals surface area (Å²) < 4.78 is 0. The summed E-state index contributed by atoms with van der Waals surface area (Å²) in [5, 5.41) is 0. The van der Waals surface area contributed by atoms with Crippen molar-refractivity contribution >= 4 is 12.6 Å². The molecule has 0 atom stereocenters. The van der Waals surface area contributed by atoms with Crippen LogP contribution in [0.5, 0.6) is 0 Å². The Balaban J connectivity index is 0. The highest BCUT2D eigenvalue weighted by Gasteiger charge is 2.09. The first-order valence-corrected chi connectivity index (χ1v) is 23.5. The minimum atomic E-state index is 0.700. The van der Waals surface area contributed by atoms with Gasteiger partial charge in [0.25, 0.3) is 0 Å². The van der Waals surface area contributed by atoms with Gasteiger partial charge in [-0.2, -0.15) is 12.6 Å². The summed E-state index contributed by atoms with van der Waals surface area (Å²) >= 11 is 3.53. The molecule has 0 aromatic carbocycles. The van der Waals surface area contributed by atoms with Gasteiger partial charge in [-0.05, 0) is 71.1 Å². The summed E-state index contributed by atoms with van der Waals surface area (Å²) in [5.74, 6) is 0. The van der Waals surface area contributed by atoms with Crippen LogP contribution in [0.2, 0.25) is 0 Å². The van der Waals surface area contributed by atoms with Gasteiger partial charge < -0.3 is 9.80 Å². The SMILES string of the molecule is CCCCCCCCCCCCN(CCCCCCCCCCCC)CCCN(CCCCCCCCCCCC)CCCONOC.CS. The molecule has 0 saturated carbocycles. The van der Waals surface area contributed by atoms with Crippen LogP contribution in [-0.4, -0.2) is 69.0 Å². The van der Waals surface area contributed by atoms with Gasteiger partial charge in [0.1, 0.15) is 0 Å². The normalized spacial score (nSPS) is 11.5. The van der Waals surface area contributed by atoms with Gasteiger partial charge in [-0.15, -0.1) is 0 Å². The van der Waals surface area contributed by atoms with Crippen LogP contribution < -0.4 is 5.64 Å². The van der Waals surface area contributed by atoms with Crippen molar-refractivity contribution in [3.8, 4) is 0 Å². The van der Waals surface area contributed by atoms with E-state index >= 15 is 0 Å². The molecule has 1 N–H and O–H groups in total. The van der Waals surface area contributed by atoms with Crippen LogP contribution >= 0.6 is 12.6 Å². The van der Waals surface area contributed by atoms with E-state index in [0.29, 0.717) is 6.61 Å². The van der Waals surface area contributed by atoms with Gasteiger partial charge in [0, 0.05) is 6.54 Å². The van der Waals surface area contributed by atoms with Crippen LogP contribution in [0.25, 0.3) is 0 Å². The maximum absolute atomic E-state index is 5.38. The Labute approximate surface area is 322 Å². The quantitative estimate of drug-likeness (QED) is 0.0371. The van der Waals surface area contributed by atoms with Crippen molar-refractivity contribution in [2.45, 2.75) is 226 Å². The zero-order chi connectivity index (χ0) is 36.9. The zero-order valence-corrected chi connectivity index (χ0v) is 36.1. The molecule has 0 aromatic heterocycles. The molecule has 0 unspecified atom stereocenters. The summed E-state index contributed by atoms with van der Waals surface area (Å²) in [5.41, 5.74) is 2.53. The van der Waals surface area contributed by atoms with Gasteiger partial charge in [-0.25, -0.2) is 0 Å². The first-order chi connectivity index (χ1) is 24.8. The Kier molecular flexibility index (Phi) is 51.4. The van der Waals surface area contributed by atoms with E-state index in [4.69, 9.17) is 9.68 Å². The number of thiol groups is 1. The van der Waals surface area contributed by atoms with E-state index in [0.717, 1.165) is 13.0 Å². The average Bonchev–Trinajstić information content (AvgIpc) is 3.14. The van der Waals surface area contributed by atoms with Gasteiger partial charge in [0.05, 0.1) is 13.7 Å². The topological polar surface area (TPSA) is 37.0 Å². The largest absolute Gasteiger partial charge is 0.303 e. The Morgan fingerprint density at radius 1 is 0.340 bits per heavy atom. The first-order valence-electron chi connectivity index (χ1n) is 22.6. The molecule has 0 aliphatic heterocycles. The Bertz CT molecular complexity index is 547. The number of nitrogens with zero attached hydrogens (tertiary/aromatic N) is 2. The van der Waals surface area contributed by atoms with E-state index in [-0.39, 0.29) is 0 Å². The standard InChI is InChI=1S/C43H91N3O2.CH4S/c1-5-8-11-14-17-20-23-26-29-32-37-45(38-33-30-27-24-21-18-15-12-9-6-2)40-35-41-46(42-36-43-48-44-47-4)39-34-31-28-25-22-19-16-13-10-7-3;1-2/h44H,5-43H2,1-4H3;2H,1H3. The predicted molar refractivity (Wildman–Crippen MR) is 229 cm³/mol. The lowest BCUT2D eigenvalue weighted by atomic mass is 10.1. The van der Waals surface area contributed by atoms with Gasteiger partial charge in [-0.3, -0.25) is 9.68 Å². The summed E-state index contributed by atoms with van der Waals surface area (Å²) in [7, 11) is 1.61. The highest BCUT2D eigenvalue weighted by molar-refractivity contribution is 7.79. The van der Waals surface area contributed by atoms with Gasteiger partial charge in [0.2, 0.25) is 0 Å². The van der Waals surface area contributed by atoms with Crippen LogP contribution in [0.4, 0.5) is 0 Å². The van der Waals surface area contributed by atoms with Crippen molar-refractivity contribution in [2.24, 2.45) is 0 Å². The molecule has 0 heterocycles. The second-order valence-corrected chi connectivity index (χ2v) is 15.1. The maximum atomic E-state index is 5.38. The van der Waals surface area contributed by atoms with Crippen LogP contribution in [0, 0.1) is 0 Å². The lowest BCUT2D eigenvalue weighted by Crippen LogP contribution is -2.33. The second-order valence-electron chi connectivity index (χ2n) is 15.1. The maximum Gasteiger partial charge on any atom is 0.0721 e. The molecule has 50 heavy (non-hydrogen) atoms. The molecule has 0 spiro atoms. The minimum Gasteiger partial charge on any atom is -0.303 e. The minimum absolute atomic E-state index is 0.700. The molecule has 0 bridgehead atoms. The van der Waals surface area contributed by atoms with Crippen molar-refractivity contribution in [3.05, 3.63) is 0 Å². The van der Waals surface area contributed by atoms with Crippen molar-refractivity contribution in [1.29, 1.82) is 0 Å². The van der Waals surface area contributed by atoms with Crippen molar-refractivity contribution in [3.63, 3.8) is 0 Å². The highest BCUT2D eigenvalue weighted by atomic mass is 32.1. The molecule has 6 heteroatoms. The van der Waals surface area contributed by atoms with E-state index in [9.17, 15) is 0 Å². The lowest BCUT2D eigenvalue weighted by molar-refractivity contribution is -0.152. The van der Waals surface area contributed by atoms with Crippen LogP contribution in [-0.2, 0) is 9.68 Å². The number of nitrogens with one attached hydrogen (secondary N) is 1. The van der Waals surface area contributed by atoms with Crippen molar-refractivity contribution in [1.82, 2.24) is 15.4 Å². The highest BCUT2D eigenvalue weighted by Crippen LogP contribution is 2.14. The van der Waals surface area contributed by atoms with E-state index in [1.165, 1.54) is 232 Å². The summed E-state index contributed by atoms with van der Waals surface area (Å²) in [4.78, 5) is 15.8. The summed E-state index contributed by atoms with van der Waals surface area (Å²) in [6.45, 7) is 15.1. The zero-order valence-electron chi connectivity index (χ0n) is 35.2. The molecule has 0 aliphatic rings. The fourth-order valence-corrected chi connectivity index (χ4v) is 7.12. The van der Waals surface area contributed by atoms with E-state index in [1.54, 1.807) is 13.4 Å². The molecule has 0 radical (unpaired) electrons. The van der Waals surface area contributed by atoms with Crippen LogP contribution in [0.3, 0.4) is 0 Å².